The molecule has 1 aliphatic heterocycles. The topological polar surface area (TPSA) is 64.3 Å². The smallest absolute Gasteiger partial charge is 0.123 e. The van der Waals surface area contributed by atoms with Gasteiger partial charge in [0, 0.05) is 31.5 Å². The maximum Gasteiger partial charge on any atom is 0.123 e. The fraction of sp³-hybridized carbons (Fsp3) is 0.444. The summed E-state index contributed by atoms with van der Waals surface area (Å²) in [4.78, 5) is 11.1. The Morgan fingerprint density at radius 2 is 2.26 bits per heavy atom. The number of nitrogens with zero attached hydrogens (tertiary/aromatic N) is 3. The van der Waals surface area contributed by atoms with Gasteiger partial charge in [-0.1, -0.05) is 6.07 Å². The highest BCUT2D eigenvalue weighted by Crippen LogP contribution is 2.15. The predicted octanol–water partition coefficient (Wildman–Crippen LogP) is 2.20. The molecular formula is C18H24N4O. The van der Waals surface area contributed by atoms with E-state index in [0.29, 0.717) is 5.82 Å². The maximum atomic E-state index is 5.91. The number of aromatic nitrogens is 2. The molecule has 3 rings (SSSR count). The van der Waals surface area contributed by atoms with Crippen molar-refractivity contribution < 1.29 is 4.74 Å². The SMILES string of the molecule is Cc1cccc(CN2CCO[C@H](CCc3ccnc(N)c3)C2)n1. The summed E-state index contributed by atoms with van der Waals surface area (Å²) in [5, 5.41) is 0. The summed E-state index contributed by atoms with van der Waals surface area (Å²) in [5.74, 6) is 0.583. The minimum absolute atomic E-state index is 0.267. The van der Waals surface area contributed by atoms with Crippen LogP contribution in [0.3, 0.4) is 0 Å². The van der Waals surface area contributed by atoms with Crippen LogP contribution in [0.5, 0.6) is 0 Å². The van der Waals surface area contributed by atoms with E-state index < -0.39 is 0 Å². The number of anilines is 1. The van der Waals surface area contributed by atoms with E-state index in [-0.39, 0.29) is 6.10 Å². The highest BCUT2D eigenvalue weighted by atomic mass is 16.5. The van der Waals surface area contributed by atoms with Gasteiger partial charge < -0.3 is 10.5 Å². The van der Waals surface area contributed by atoms with Crippen molar-refractivity contribution in [2.24, 2.45) is 0 Å². The van der Waals surface area contributed by atoms with Crippen LogP contribution in [-0.4, -0.2) is 40.7 Å². The average molecular weight is 312 g/mol. The molecule has 0 aliphatic carbocycles. The van der Waals surface area contributed by atoms with E-state index in [2.05, 4.69) is 27.0 Å². The minimum atomic E-state index is 0.267. The average Bonchev–Trinajstić information content (AvgIpc) is 2.53. The van der Waals surface area contributed by atoms with Crippen LogP contribution in [-0.2, 0) is 17.7 Å². The summed E-state index contributed by atoms with van der Waals surface area (Å²) >= 11 is 0. The van der Waals surface area contributed by atoms with Crippen molar-refractivity contribution >= 4 is 5.82 Å². The second-order valence-corrected chi connectivity index (χ2v) is 6.13. The number of morpholine rings is 1. The van der Waals surface area contributed by atoms with Gasteiger partial charge in [0.05, 0.1) is 18.4 Å². The first kappa shape index (κ1) is 15.9. The first-order valence-corrected chi connectivity index (χ1v) is 8.16. The number of ether oxygens (including phenoxy) is 1. The Morgan fingerprint density at radius 3 is 3.09 bits per heavy atom. The van der Waals surface area contributed by atoms with Crippen LogP contribution in [0.2, 0.25) is 0 Å². The quantitative estimate of drug-likeness (QED) is 0.917. The Kier molecular flexibility index (Phi) is 5.20. The Bertz CT molecular complexity index is 646. The molecule has 2 N–H and O–H groups in total. The minimum Gasteiger partial charge on any atom is -0.384 e. The lowest BCUT2D eigenvalue weighted by molar-refractivity contribution is -0.0349. The van der Waals surface area contributed by atoms with Gasteiger partial charge in [-0.3, -0.25) is 9.88 Å². The van der Waals surface area contributed by atoms with Crippen LogP contribution < -0.4 is 5.73 Å². The third-order valence-corrected chi connectivity index (χ3v) is 4.15. The second kappa shape index (κ2) is 7.53. The molecular weight excluding hydrogens is 288 g/mol. The van der Waals surface area contributed by atoms with Gasteiger partial charge in [0.2, 0.25) is 0 Å². The molecule has 0 saturated carbocycles. The normalized spacial score (nSPS) is 18.9. The molecule has 3 heterocycles. The second-order valence-electron chi connectivity index (χ2n) is 6.13. The molecule has 0 unspecified atom stereocenters. The van der Waals surface area contributed by atoms with Crippen molar-refractivity contribution in [3.63, 3.8) is 0 Å². The molecule has 0 amide bonds. The molecule has 1 saturated heterocycles. The third kappa shape index (κ3) is 4.74. The molecule has 1 atom stereocenters. The molecule has 5 nitrogen and oxygen atoms in total. The van der Waals surface area contributed by atoms with Gasteiger partial charge in [-0.2, -0.15) is 0 Å². The van der Waals surface area contributed by atoms with Crippen LogP contribution >= 0.6 is 0 Å². The molecule has 1 fully saturated rings. The van der Waals surface area contributed by atoms with Crippen molar-refractivity contribution in [2.75, 3.05) is 25.4 Å². The molecule has 0 radical (unpaired) electrons. The van der Waals surface area contributed by atoms with Crippen LogP contribution in [0.1, 0.15) is 23.4 Å². The van der Waals surface area contributed by atoms with Crippen molar-refractivity contribution in [2.45, 2.75) is 32.4 Å². The van der Waals surface area contributed by atoms with Gasteiger partial charge in [0.15, 0.2) is 0 Å². The number of nitrogen functional groups attached to an aromatic ring is 1. The number of hydrogen-bond acceptors (Lipinski definition) is 5. The van der Waals surface area contributed by atoms with E-state index in [9.17, 15) is 0 Å². The van der Waals surface area contributed by atoms with Crippen LogP contribution in [0, 0.1) is 6.92 Å². The lowest BCUT2D eigenvalue weighted by Crippen LogP contribution is -2.42. The molecule has 122 valence electrons. The van der Waals surface area contributed by atoms with E-state index in [0.717, 1.165) is 50.5 Å². The number of aryl methyl sites for hydroxylation is 2. The van der Waals surface area contributed by atoms with E-state index in [1.807, 2.05) is 25.1 Å². The van der Waals surface area contributed by atoms with Crippen molar-refractivity contribution in [1.29, 1.82) is 0 Å². The van der Waals surface area contributed by atoms with Crippen LogP contribution in [0.25, 0.3) is 0 Å². The number of rotatable bonds is 5. The van der Waals surface area contributed by atoms with Crippen LogP contribution in [0.15, 0.2) is 36.5 Å². The third-order valence-electron chi connectivity index (χ3n) is 4.15. The largest absolute Gasteiger partial charge is 0.384 e. The van der Waals surface area contributed by atoms with Gasteiger partial charge in [0.25, 0.3) is 0 Å². The zero-order valence-electron chi connectivity index (χ0n) is 13.6. The summed E-state index contributed by atoms with van der Waals surface area (Å²) in [7, 11) is 0. The Morgan fingerprint density at radius 1 is 1.35 bits per heavy atom. The van der Waals surface area contributed by atoms with Crippen molar-refractivity contribution in [3.8, 4) is 0 Å². The summed E-state index contributed by atoms with van der Waals surface area (Å²) in [6.07, 6.45) is 4.00. The fourth-order valence-corrected chi connectivity index (χ4v) is 2.99. The summed E-state index contributed by atoms with van der Waals surface area (Å²) in [5.41, 5.74) is 9.15. The summed E-state index contributed by atoms with van der Waals surface area (Å²) in [6.45, 7) is 5.63. The molecule has 0 spiro atoms. The molecule has 1 aliphatic rings. The highest BCUT2D eigenvalue weighted by molar-refractivity contribution is 5.31. The first-order valence-electron chi connectivity index (χ1n) is 8.16. The van der Waals surface area contributed by atoms with E-state index in [1.54, 1.807) is 6.20 Å². The monoisotopic (exact) mass is 312 g/mol. The standard InChI is InChI=1S/C18H24N4O/c1-14-3-2-4-16(21-14)12-22-9-10-23-17(13-22)6-5-15-7-8-20-18(19)11-15/h2-4,7-8,11,17H,5-6,9-10,12-13H2,1H3,(H2,19,20)/t17-/m1/s1. The lowest BCUT2D eigenvalue weighted by atomic mass is 10.1. The van der Waals surface area contributed by atoms with E-state index in [4.69, 9.17) is 10.5 Å². The molecule has 23 heavy (non-hydrogen) atoms. The molecule has 0 aromatic carbocycles. The van der Waals surface area contributed by atoms with Gasteiger partial charge in [-0.25, -0.2) is 4.98 Å². The maximum absolute atomic E-state index is 5.91. The van der Waals surface area contributed by atoms with E-state index >= 15 is 0 Å². The highest BCUT2D eigenvalue weighted by Gasteiger charge is 2.20. The van der Waals surface area contributed by atoms with Crippen LogP contribution in [0.4, 0.5) is 5.82 Å². The lowest BCUT2D eigenvalue weighted by Gasteiger charge is -2.32. The molecule has 0 bridgehead atoms. The van der Waals surface area contributed by atoms with Gasteiger partial charge in [-0.05, 0) is 49.6 Å². The molecule has 2 aromatic heterocycles. The number of pyridine rings is 2. The summed E-state index contributed by atoms with van der Waals surface area (Å²) in [6, 6.07) is 10.2. The summed E-state index contributed by atoms with van der Waals surface area (Å²) < 4.78 is 5.91. The Labute approximate surface area is 137 Å². The fourth-order valence-electron chi connectivity index (χ4n) is 2.99. The first-order chi connectivity index (χ1) is 11.2. The van der Waals surface area contributed by atoms with Gasteiger partial charge in [-0.15, -0.1) is 0 Å². The number of hydrogen-bond donors (Lipinski definition) is 1. The van der Waals surface area contributed by atoms with Crippen molar-refractivity contribution in [1.82, 2.24) is 14.9 Å². The predicted molar refractivity (Wildman–Crippen MR) is 91.0 cm³/mol. The molecule has 5 heteroatoms. The Hall–Kier alpha value is -1.98. The van der Waals surface area contributed by atoms with E-state index in [1.165, 1.54) is 5.56 Å². The van der Waals surface area contributed by atoms with Crippen molar-refractivity contribution in [3.05, 3.63) is 53.5 Å². The molecule has 2 aromatic rings. The Balaban J connectivity index is 1.52. The van der Waals surface area contributed by atoms with Gasteiger partial charge in [0.1, 0.15) is 5.82 Å². The zero-order valence-corrected chi connectivity index (χ0v) is 13.6. The number of nitrogens with two attached hydrogens (primary N) is 1. The van der Waals surface area contributed by atoms with Gasteiger partial charge >= 0.3 is 0 Å². The zero-order chi connectivity index (χ0) is 16.1.